The van der Waals surface area contributed by atoms with Crippen molar-refractivity contribution in [2.75, 3.05) is 7.11 Å². The monoisotopic (exact) mass is 209 g/mol. The van der Waals surface area contributed by atoms with E-state index in [0.29, 0.717) is 5.56 Å². The third kappa shape index (κ3) is 2.47. The molecule has 3 N–H and O–H groups in total. The molecule has 0 aliphatic rings. The number of phenolic OH excluding ortho intramolecular Hbond substituents is 1. The van der Waals surface area contributed by atoms with Gasteiger partial charge in [-0.15, -0.1) is 0 Å². The molecule has 0 aliphatic carbocycles. The minimum absolute atomic E-state index is 0.143. The van der Waals surface area contributed by atoms with Crippen LogP contribution in [-0.4, -0.2) is 24.2 Å². The largest absolute Gasteiger partial charge is 0.508 e. The van der Waals surface area contributed by atoms with Crippen LogP contribution < -0.4 is 5.73 Å². The lowest BCUT2D eigenvalue weighted by Crippen LogP contribution is -2.36. The second-order valence-electron chi connectivity index (χ2n) is 3.40. The third-order valence-electron chi connectivity index (χ3n) is 2.44. The minimum atomic E-state index is -0.761. The van der Waals surface area contributed by atoms with Crippen molar-refractivity contribution in [3.63, 3.8) is 0 Å². The molecule has 0 amide bonds. The van der Waals surface area contributed by atoms with Crippen LogP contribution in [0.4, 0.5) is 0 Å². The topological polar surface area (TPSA) is 72.5 Å². The Labute approximate surface area is 88.7 Å². The number of benzene rings is 1. The van der Waals surface area contributed by atoms with Crippen LogP contribution in [-0.2, 0) is 9.53 Å². The summed E-state index contributed by atoms with van der Waals surface area (Å²) in [5, 5.41) is 9.58. The Morgan fingerprint density at radius 2 is 2.07 bits per heavy atom. The van der Waals surface area contributed by atoms with E-state index in [1.165, 1.54) is 7.11 Å². The van der Waals surface area contributed by atoms with Crippen LogP contribution in [0.5, 0.6) is 5.75 Å². The maximum absolute atomic E-state index is 11.2. The van der Waals surface area contributed by atoms with Gasteiger partial charge in [0.05, 0.1) is 7.11 Å². The molecule has 15 heavy (non-hydrogen) atoms. The van der Waals surface area contributed by atoms with Gasteiger partial charge in [-0.25, -0.2) is 0 Å². The van der Waals surface area contributed by atoms with Crippen molar-refractivity contribution >= 4 is 5.97 Å². The summed E-state index contributed by atoms with van der Waals surface area (Å²) in [5.41, 5.74) is 6.34. The summed E-state index contributed by atoms with van der Waals surface area (Å²) in [6.45, 7) is 1.77. The van der Waals surface area contributed by atoms with E-state index < -0.39 is 12.0 Å². The van der Waals surface area contributed by atoms with Crippen LogP contribution >= 0.6 is 0 Å². The molecule has 2 unspecified atom stereocenters. The van der Waals surface area contributed by atoms with E-state index in [9.17, 15) is 9.90 Å². The first-order valence-electron chi connectivity index (χ1n) is 4.69. The molecule has 0 radical (unpaired) electrons. The van der Waals surface area contributed by atoms with E-state index in [1.807, 2.05) is 0 Å². The molecule has 0 spiro atoms. The maximum atomic E-state index is 11.2. The van der Waals surface area contributed by atoms with Crippen LogP contribution in [0.3, 0.4) is 0 Å². The van der Waals surface area contributed by atoms with Gasteiger partial charge in [-0.1, -0.05) is 25.1 Å². The standard InChI is InChI=1S/C11H15NO3/c1-7(10(12)11(14)15-2)8-5-3-4-6-9(8)13/h3-7,10,13H,12H2,1-2H3. The van der Waals surface area contributed by atoms with Gasteiger partial charge in [-0.2, -0.15) is 0 Å². The zero-order valence-electron chi connectivity index (χ0n) is 8.81. The lowest BCUT2D eigenvalue weighted by molar-refractivity contribution is -0.142. The minimum Gasteiger partial charge on any atom is -0.508 e. The zero-order valence-corrected chi connectivity index (χ0v) is 8.81. The van der Waals surface area contributed by atoms with Crippen molar-refractivity contribution in [2.24, 2.45) is 5.73 Å². The molecule has 1 aromatic rings. The number of phenols is 1. The van der Waals surface area contributed by atoms with Crippen LogP contribution in [0.25, 0.3) is 0 Å². The highest BCUT2D eigenvalue weighted by molar-refractivity contribution is 5.76. The highest BCUT2D eigenvalue weighted by Gasteiger charge is 2.24. The number of ether oxygens (including phenoxy) is 1. The van der Waals surface area contributed by atoms with Gasteiger partial charge in [-0.3, -0.25) is 4.79 Å². The predicted molar refractivity (Wildman–Crippen MR) is 56.5 cm³/mol. The second kappa shape index (κ2) is 4.79. The van der Waals surface area contributed by atoms with Crippen molar-refractivity contribution in [3.8, 4) is 5.75 Å². The van der Waals surface area contributed by atoms with Gasteiger partial charge < -0.3 is 15.6 Å². The van der Waals surface area contributed by atoms with Crippen molar-refractivity contribution in [1.82, 2.24) is 0 Å². The lowest BCUT2D eigenvalue weighted by Gasteiger charge is -2.18. The molecule has 0 bridgehead atoms. The maximum Gasteiger partial charge on any atom is 0.323 e. The number of carbonyl (C=O) groups excluding carboxylic acids is 1. The number of para-hydroxylation sites is 1. The summed E-state index contributed by atoms with van der Waals surface area (Å²) in [7, 11) is 1.29. The van der Waals surface area contributed by atoms with E-state index in [1.54, 1.807) is 31.2 Å². The number of hydrogen-bond donors (Lipinski definition) is 2. The average Bonchev–Trinajstić information content (AvgIpc) is 2.26. The molecule has 4 heteroatoms. The fourth-order valence-electron chi connectivity index (χ4n) is 1.41. The van der Waals surface area contributed by atoms with Gasteiger partial charge >= 0.3 is 5.97 Å². The van der Waals surface area contributed by atoms with E-state index in [2.05, 4.69) is 4.74 Å². The van der Waals surface area contributed by atoms with Crippen molar-refractivity contribution < 1.29 is 14.6 Å². The lowest BCUT2D eigenvalue weighted by atomic mass is 9.93. The number of esters is 1. The normalized spacial score (nSPS) is 14.3. The average molecular weight is 209 g/mol. The Morgan fingerprint density at radius 1 is 1.47 bits per heavy atom. The van der Waals surface area contributed by atoms with Crippen molar-refractivity contribution in [1.29, 1.82) is 0 Å². The smallest absolute Gasteiger partial charge is 0.323 e. The van der Waals surface area contributed by atoms with Crippen LogP contribution in [0.15, 0.2) is 24.3 Å². The number of rotatable bonds is 3. The fourth-order valence-corrected chi connectivity index (χ4v) is 1.41. The van der Waals surface area contributed by atoms with E-state index in [4.69, 9.17) is 5.73 Å². The summed E-state index contributed by atoms with van der Waals surface area (Å²) >= 11 is 0. The molecule has 0 saturated heterocycles. The van der Waals surface area contributed by atoms with Gasteiger partial charge in [0.1, 0.15) is 11.8 Å². The van der Waals surface area contributed by atoms with Gasteiger partial charge in [0, 0.05) is 5.92 Å². The first-order chi connectivity index (χ1) is 7.07. The fraction of sp³-hybridized carbons (Fsp3) is 0.364. The molecule has 0 saturated carbocycles. The molecule has 0 fully saturated rings. The highest BCUT2D eigenvalue weighted by atomic mass is 16.5. The van der Waals surface area contributed by atoms with Gasteiger partial charge in [0.2, 0.25) is 0 Å². The van der Waals surface area contributed by atoms with Gasteiger partial charge in [0.25, 0.3) is 0 Å². The number of nitrogens with two attached hydrogens (primary N) is 1. The number of carbonyl (C=O) groups is 1. The number of methoxy groups -OCH3 is 1. The van der Waals surface area contributed by atoms with Crippen LogP contribution in [0, 0.1) is 0 Å². The molecular weight excluding hydrogens is 194 g/mol. The van der Waals surface area contributed by atoms with Gasteiger partial charge in [0.15, 0.2) is 0 Å². The van der Waals surface area contributed by atoms with Crippen LogP contribution in [0.1, 0.15) is 18.4 Å². The molecule has 2 atom stereocenters. The Kier molecular flexibility index (Phi) is 3.68. The number of aromatic hydroxyl groups is 1. The molecular formula is C11H15NO3. The summed E-state index contributed by atoms with van der Waals surface area (Å²) < 4.78 is 4.55. The van der Waals surface area contributed by atoms with Crippen molar-refractivity contribution in [3.05, 3.63) is 29.8 Å². The Balaban J connectivity index is 2.89. The van der Waals surface area contributed by atoms with E-state index in [0.717, 1.165) is 0 Å². The van der Waals surface area contributed by atoms with E-state index >= 15 is 0 Å². The summed E-state index contributed by atoms with van der Waals surface area (Å²) in [5.74, 6) is -0.617. The van der Waals surface area contributed by atoms with Crippen molar-refractivity contribution in [2.45, 2.75) is 18.9 Å². The first kappa shape index (κ1) is 11.5. The van der Waals surface area contributed by atoms with Crippen LogP contribution in [0.2, 0.25) is 0 Å². The Hall–Kier alpha value is -1.55. The Morgan fingerprint density at radius 3 is 2.60 bits per heavy atom. The predicted octanol–water partition coefficient (Wildman–Crippen LogP) is 0.996. The summed E-state index contributed by atoms with van der Waals surface area (Å²) in [6.07, 6.45) is 0. The third-order valence-corrected chi connectivity index (χ3v) is 2.44. The van der Waals surface area contributed by atoms with E-state index in [-0.39, 0.29) is 11.7 Å². The SMILES string of the molecule is COC(=O)C(N)C(C)c1ccccc1O. The highest BCUT2D eigenvalue weighted by Crippen LogP contribution is 2.27. The number of hydrogen-bond acceptors (Lipinski definition) is 4. The zero-order chi connectivity index (χ0) is 11.4. The molecule has 82 valence electrons. The first-order valence-corrected chi connectivity index (χ1v) is 4.69. The molecule has 1 rings (SSSR count). The summed E-state index contributed by atoms with van der Waals surface area (Å²) in [4.78, 5) is 11.2. The second-order valence-corrected chi connectivity index (χ2v) is 3.40. The molecule has 0 aromatic heterocycles. The Bertz CT molecular complexity index is 351. The quantitative estimate of drug-likeness (QED) is 0.728. The molecule has 0 heterocycles. The summed E-state index contributed by atoms with van der Waals surface area (Å²) in [6, 6.07) is 6.05. The molecule has 1 aromatic carbocycles. The van der Waals surface area contributed by atoms with Gasteiger partial charge in [-0.05, 0) is 11.6 Å². The molecule has 0 aliphatic heterocycles. The molecule has 4 nitrogen and oxygen atoms in total.